The summed E-state index contributed by atoms with van der Waals surface area (Å²) in [6.45, 7) is 15.6. The molecule has 9 nitrogen and oxygen atoms in total. The van der Waals surface area contributed by atoms with Crippen molar-refractivity contribution in [3.63, 3.8) is 0 Å². The van der Waals surface area contributed by atoms with Crippen LogP contribution < -0.4 is 21.7 Å². The van der Waals surface area contributed by atoms with Crippen LogP contribution >= 0.6 is 0 Å². The van der Waals surface area contributed by atoms with Gasteiger partial charge < -0.3 is 26.6 Å². The zero-order valence-electron chi connectivity index (χ0n) is 29.7. The number of nitrogens with one attached hydrogen (secondary N) is 3. The van der Waals surface area contributed by atoms with Crippen LogP contribution in [-0.4, -0.2) is 59.7 Å². The maximum atomic E-state index is 13.6. The smallest absolute Gasteiger partial charge is 0.253 e. The van der Waals surface area contributed by atoms with Gasteiger partial charge in [-0.2, -0.15) is 0 Å². The first-order chi connectivity index (χ1) is 22.4. The molecule has 0 aromatic heterocycles. The topological polar surface area (TPSA) is 134 Å². The van der Waals surface area contributed by atoms with Gasteiger partial charge in [-0.05, 0) is 61.3 Å². The van der Waals surface area contributed by atoms with Crippen LogP contribution in [0.3, 0.4) is 0 Å². The van der Waals surface area contributed by atoms with Crippen molar-refractivity contribution in [1.82, 2.24) is 20.9 Å². The number of carbonyl (C=O) groups excluding carboxylic acids is 4. The highest BCUT2D eigenvalue weighted by Gasteiger charge is 2.30. The Morgan fingerprint density at radius 2 is 1.38 bits per heavy atom. The van der Waals surface area contributed by atoms with E-state index in [9.17, 15) is 19.2 Å². The molecule has 0 aliphatic rings. The molecule has 2 aromatic rings. The average Bonchev–Trinajstić information content (AvgIpc) is 3.07. The molecule has 0 unspecified atom stereocenters. The molecule has 260 valence electrons. The molecule has 0 aliphatic heterocycles. The third kappa shape index (κ3) is 12.8. The fourth-order valence-electron chi connectivity index (χ4n) is 5.81. The summed E-state index contributed by atoms with van der Waals surface area (Å²) < 4.78 is 0. The SMILES string of the molecule is CCCN(CCC)C(=O)c1cccc(C(=O)N[C@@H](CC(CC)CC)[C@@H](N)C[C@@H](C)C(=O)N[C@H](C(=O)NCc2ccccc2)C(C)C)c1. The molecule has 4 atom stereocenters. The summed E-state index contributed by atoms with van der Waals surface area (Å²) >= 11 is 0. The summed E-state index contributed by atoms with van der Waals surface area (Å²) in [5.41, 5.74) is 8.62. The molecular formula is C38H59N5O4. The van der Waals surface area contributed by atoms with E-state index >= 15 is 0 Å². The molecule has 0 spiro atoms. The van der Waals surface area contributed by atoms with Gasteiger partial charge in [-0.15, -0.1) is 0 Å². The predicted molar refractivity (Wildman–Crippen MR) is 190 cm³/mol. The number of nitrogens with zero attached hydrogens (tertiary/aromatic N) is 1. The zero-order valence-corrected chi connectivity index (χ0v) is 29.7. The molecular weight excluding hydrogens is 590 g/mol. The maximum absolute atomic E-state index is 13.6. The minimum absolute atomic E-state index is 0.0816. The molecule has 0 bridgehead atoms. The molecule has 0 heterocycles. The van der Waals surface area contributed by atoms with Crippen molar-refractivity contribution in [3.05, 3.63) is 71.3 Å². The van der Waals surface area contributed by atoms with Gasteiger partial charge in [0.2, 0.25) is 11.8 Å². The third-order valence-corrected chi connectivity index (χ3v) is 8.85. The molecule has 2 rings (SSSR count). The monoisotopic (exact) mass is 649 g/mol. The Bertz CT molecular complexity index is 1260. The molecule has 0 saturated carbocycles. The zero-order chi connectivity index (χ0) is 34.9. The van der Waals surface area contributed by atoms with Crippen LogP contribution in [0, 0.1) is 17.8 Å². The van der Waals surface area contributed by atoms with Crippen molar-refractivity contribution in [2.45, 2.75) is 112 Å². The van der Waals surface area contributed by atoms with Crippen molar-refractivity contribution in [1.29, 1.82) is 0 Å². The van der Waals surface area contributed by atoms with E-state index in [-0.39, 0.29) is 35.6 Å². The van der Waals surface area contributed by atoms with Gasteiger partial charge in [-0.3, -0.25) is 19.2 Å². The lowest BCUT2D eigenvalue weighted by Crippen LogP contribution is -2.53. The van der Waals surface area contributed by atoms with Crippen LogP contribution in [0.5, 0.6) is 0 Å². The molecule has 5 N–H and O–H groups in total. The highest BCUT2D eigenvalue weighted by molar-refractivity contribution is 5.99. The second kappa shape index (κ2) is 20.5. The van der Waals surface area contributed by atoms with E-state index < -0.39 is 18.0 Å². The molecule has 0 fully saturated rings. The Kier molecular flexibility index (Phi) is 17.2. The van der Waals surface area contributed by atoms with E-state index in [1.165, 1.54) is 0 Å². The lowest BCUT2D eigenvalue weighted by atomic mass is 9.87. The molecule has 0 aliphatic carbocycles. The standard InChI is InChI=1S/C38H59N5O4/c1-8-20-43(21-9-2)38(47)31-19-15-18-30(24-31)36(45)41-33(23-28(10-3)11-4)32(39)22-27(7)35(44)42-34(26(5)6)37(46)40-25-29-16-13-12-14-17-29/h12-19,24,26-28,32-34H,8-11,20-23,25,39H2,1-7H3,(H,40,46)(H,41,45)(H,42,44)/t27-,32+,33+,34+/m1/s1. The van der Waals surface area contributed by atoms with Crippen LogP contribution in [0.1, 0.15) is 113 Å². The van der Waals surface area contributed by atoms with E-state index in [1.807, 2.05) is 62.9 Å². The average molecular weight is 650 g/mol. The van der Waals surface area contributed by atoms with Gasteiger partial charge in [0.15, 0.2) is 0 Å². The fraction of sp³-hybridized carbons (Fsp3) is 0.579. The molecule has 4 amide bonds. The van der Waals surface area contributed by atoms with Crippen LogP contribution in [0.2, 0.25) is 0 Å². The highest BCUT2D eigenvalue weighted by atomic mass is 16.2. The van der Waals surface area contributed by atoms with E-state index in [2.05, 4.69) is 29.8 Å². The van der Waals surface area contributed by atoms with Gasteiger partial charge in [0.05, 0.1) is 0 Å². The van der Waals surface area contributed by atoms with Crippen molar-refractivity contribution in [3.8, 4) is 0 Å². The maximum Gasteiger partial charge on any atom is 0.253 e. The number of nitrogens with two attached hydrogens (primary N) is 1. The predicted octanol–water partition coefficient (Wildman–Crippen LogP) is 5.68. The Morgan fingerprint density at radius 1 is 0.766 bits per heavy atom. The van der Waals surface area contributed by atoms with E-state index in [4.69, 9.17) is 5.73 Å². The second-order valence-corrected chi connectivity index (χ2v) is 13.1. The number of benzene rings is 2. The quantitative estimate of drug-likeness (QED) is 0.146. The highest BCUT2D eigenvalue weighted by Crippen LogP contribution is 2.20. The van der Waals surface area contributed by atoms with Gasteiger partial charge in [0, 0.05) is 48.8 Å². The van der Waals surface area contributed by atoms with E-state index in [0.29, 0.717) is 49.5 Å². The van der Waals surface area contributed by atoms with E-state index in [1.54, 1.807) is 31.2 Å². The number of rotatable bonds is 20. The molecule has 9 heteroatoms. The van der Waals surface area contributed by atoms with Crippen LogP contribution in [0.25, 0.3) is 0 Å². The normalized spacial score (nSPS) is 13.8. The van der Waals surface area contributed by atoms with Gasteiger partial charge in [0.25, 0.3) is 11.8 Å². The van der Waals surface area contributed by atoms with Gasteiger partial charge in [0.1, 0.15) is 6.04 Å². The van der Waals surface area contributed by atoms with Crippen molar-refractivity contribution < 1.29 is 19.2 Å². The first kappa shape index (κ1) is 39.5. The second-order valence-electron chi connectivity index (χ2n) is 13.1. The minimum Gasteiger partial charge on any atom is -0.350 e. The summed E-state index contributed by atoms with van der Waals surface area (Å²) in [6.07, 6.45) is 4.59. The van der Waals surface area contributed by atoms with Crippen LogP contribution in [-0.2, 0) is 16.1 Å². The third-order valence-electron chi connectivity index (χ3n) is 8.85. The van der Waals surface area contributed by atoms with Crippen molar-refractivity contribution in [2.75, 3.05) is 13.1 Å². The Morgan fingerprint density at radius 3 is 1.96 bits per heavy atom. The van der Waals surface area contributed by atoms with Crippen molar-refractivity contribution >= 4 is 23.6 Å². The summed E-state index contributed by atoms with van der Waals surface area (Å²) in [5.74, 6) is -1.12. The Labute approximate surface area is 282 Å². The number of carbonyl (C=O) groups is 4. The summed E-state index contributed by atoms with van der Waals surface area (Å²) in [5, 5.41) is 9.02. The molecule has 47 heavy (non-hydrogen) atoms. The Hall–Kier alpha value is -3.72. The summed E-state index contributed by atoms with van der Waals surface area (Å²) in [7, 11) is 0. The lowest BCUT2D eigenvalue weighted by molar-refractivity contribution is -0.132. The molecule has 0 saturated heterocycles. The Balaban J connectivity index is 2.14. The number of hydrogen-bond donors (Lipinski definition) is 4. The lowest BCUT2D eigenvalue weighted by Gasteiger charge is -2.30. The molecule has 2 aromatic carbocycles. The van der Waals surface area contributed by atoms with Gasteiger partial charge >= 0.3 is 0 Å². The first-order valence-electron chi connectivity index (χ1n) is 17.5. The summed E-state index contributed by atoms with van der Waals surface area (Å²) in [4.78, 5) is 55.0. The van der Waals surface area contributed by atoms with Crippen molar-refractivity contribution in [2.24, 2.45) is 23.5 Å². The van der Waals surface area contributed by atoms with E-state index in [0.717, 1.165) is 31.2 Å². The number of amides is 4. The minimum atomic E-state index is -0.689. The van der Waals surface area contributed by atoms with Crippen LogP contribution in [0.4, 0.5) is 0 Å². The first-order valence-corrected chi connectivity index (χ1v) is 17.5. The van der Waals surface area contributed by atoms with Crippen LogP contribution in [0.15, 0.2) is 54.6 Å². The molecule has 0 radical (unpaired) electrons. The summed E-state index contributed by atoms with van der Waals surface area (Å²) in [6, 6.07) is 14.9. The number of hydrogen-bond acceptors (Lipinski definition) is 5. The van der Waals surface area contributed by atoms with Gasteiger partial charge in [-0.1, -0.05) is 97.7 Å². The fourth-order valence-corrected chi connectivity index (χ4v) is 5.81. The van der Waals surface area contributed by atoms with Gasteiger partial charge in [-0.25, -0.2) is 0 Å². The largest absolute Gasteiger partial charge is 0.350 e.